The third kappa shape index (κ3) is 14.6. The van der Waals surface area contributed by atoms with Crippen LogP contribution in [0.25, 0.3) is 0 Å². The Morgan fingerprint density at radius 1 is 0.967 bits per heavy atom. The lowest BCUT2D eigenvalue weighted by atomic mass is 9.97. The number of aliphatic hydroxyl groups excluding tert-OH is 1. The number of nitrogens with zero attached hydrogens (tertiary/aromatic N) is 2. The zero-order valence-corrected chi connectivity index (χ0v) is 19.4. The highest BCUT2D eigenvalue weighted by molar-refractivity contribution is 5.73. The average Bonchev–Trinajstić information content (AvgIpc) is 3.25. The Labute approximate surface area is 184 Å². The summed E-state index contributed by atoms with van der Waals surface area (Å²) in [6.45, 7) is 3.60. The normalized spacial score (nSPS) is 14.7. The number of rotatable bonds is 20. The number of hydrogen-bond acceptors (Lipinski definition) is 5. The van der Waals surface area contributed by atoms with E-state index in [9.17, 15) is 9.90 Å². The van der Waals surface area contributed by atoms with Crippen LogP contribution in [0.4, 0.5) is 0 Å². The van der Waals surface area contributed by atoms with Crippen molar-refractivity contribution in [3.05, 3.63) is 12.2 Å². The lowest BCUT2D eigenvalue weighted by Gasteiger charge is -2.18. The van der Waals surface area contributed by atoms with Crippen molar-refractivity contribution >= 4 is 12.3 Å². The van der Waals surface area contributed by atoms with E-state index in [2.05, 4.69) is 24.1 Å². The summed E-state index contributed by atoms with van der Waals surface area (Å²) in [5, 5.41) is 10.7. The van der Waals surface area contributed by atoms with Crippen molar-refractivity contribution in [2.45, 2.75) is 110 Å². The summed E-state index contributed by atoms with van der Waals surface area (Å²) >= 11 is 0. The lowest BCUT2D eigenvalue weighted by molar-refractivity contribution is -0.176. The molecular formula is C25H46N2O3. The van der Waals surface area contributed by atoms with E-state index in [0.717, 1.165) is 19.3 Å². The van der Waals surface area contributed by atoms with Crippen molar-refractivity contribution in [2.24, 2.45) is 10.9 Å². The predicted octanol–water partition coefficient (Wildman–Crippen LogP) is 6.21. The highest BCUT2D eigenvalue weighted by Crippen LogP contribution is 2.18. The highest BCUT2D eigenvalue weighted by atomic mass is 16.7. The van der Waals surface area contributed by atoms with Crippen LogP contribution in [0.5, 0.6) is 0 Å². The second kappa shape index (κ2) is 19.6. The molecule has 1 rings (SSSR count). The smallest absolute Gasteiger partial charge is 0.335 e. The summed E-state index contributed by atoms with van der Waals surface area (Å²) in [6, 6.07) is 0. The Morgan fingerprint density at radius 2 is 1.57 bits per heavy atom. The topological polar surface area (TPSA) is 62.1 Å². The molecule has 0 radical (unpaired) electrons. The Hall–Kier alpha value is -1.36. The average molecular weight is 423 g/mol. The van der Waals surface area contributed by atoms with E-state index >= 15 is 0 Å². The maximum Gasteiger partial charge on any atom is 0.335 e. The van der Waals surface area contributed by atoms with Crippen molar-refractivity contribution < 1.29 is 14.7 Å². The summed E-state index contributed by atoms with van der Waals surface area (Å²) in [4.78, 5) is 21.6. The van der Waals surface area contributed by atoms with Gasteiger partial charge in [-0.3, -0.25) is 4.99 Å². The van der Waals surface area contributed by atoms with Crippen LogP contribution in [-0.4, -0.2) is 42.2 Å². The first-order valence-corrected chi connectivity index (χ1v) is 12.5. The van der Waals surface area contributed by atoms with Crippen molar-refractivity contribution in [3.8, 4) is 0 Å². The summed E-state index contributed by atoms with van der Waals surface area (Å²) in [7, 11) is 0. The molecule has 0 bridgehead atoms. The molecular weight excluding hydrogens is 376 g/mol. The number of allylic oxidation sites excluding steroid dienone is 2. The fraction of sp³-hybridized carbons (Fsp3) is 0.840. The largest absolute Gasteiger partial charge is 0.396 e. The van der Waals surface area contributed by atoms with E-state index in [4.69, 9.17) is 4.84 Å². The minimum atomic E-state index is -0.231. The molecule has 1 heterocycles. The zero-order valence-electron chi connectivity index (χ0n) is 19.4. The van der Waals surface area contributed by atoms with Crippen molar-refractivity contribution in [1.29, 1.82) is 0 Å². The summed E-state index contributed by atoms with van der Waals surface area (Å²) in [5.41, 5.74) is 0. The molecule has 30 heavy (non-hydrogen) atoms. The molecule has 1 N–H and O–H groups in total. The number of aliphatic imine (C=N–C) groups is 1. The number of aliphatic hydroxyl groups is 1. The van der Waals surface area contributed by atoms with E-state index in [1.807, 2.05) is 0 Å². The molecule has 1 unspecified atom stereocenters. The third-order valence-electron chi connectivity index (χ3n) is 5.74. The molecule has 0 aromatic rings. The molecule has 0 aromatic carbocycles. The van der Waals surface area contributed by atoms with E-state index in [1.54, 1.807) is 6.34 Å². The molecule has 0 spiro atoms. The van der Waals surface area contributed by atoms with Crippen LogP contribution in [-0.2, 0) is 9.63 Å². The molecule has 174 valence electrons. The second-order valence-electron chi connectivity index (χ2n) is 8.51. The van der Waals surface area contributed by atoms with Gasteiger partial charge < -0.3 is 9.94 Å². The van der Waals surface area contributed by atoms with E-state index < -0.39 is 0 Å². The van der Waals surface area contributed by atoms with Gasteiger partial charge in [0.15, 0.2) is 0 Å². The molecule has 1 aliphatic heterocycles. The molecule has 0 aliphatic carbocycles. The highest BCUT2D eigenvalue weighted by Gasteiger charge is 2.22. The quantitative estimate of drug-likeness (QED) is 0.187. The molecule has 5 nitrogen and oxygen atoms in total. The maximum absolute atomic E-state index is 12.2. The molecule has 0 fully saturated rings. The number of hydrogen-bond donors (Lipinski definition) is 1. The Balaban J connectivity index is 1.92. The van der Waals surface area contributed by atoms with Crippen LogP contribution in [0.3, 0.4) is 0 Å². The molecule has 0 saturated heterocycles. The van der Waals surface area contributed by atoms with Crippen LogP contribution in [0.15, 0.2) is 17.1 Å². The van der Waals surface area contributed by atoms with E-state index in [1.165, 1.54) is 82.1 Å². The molecule has 1 atom stereocenters. The minimum Gasteiger partial charge on any atom is -0.396 e. The minimum absolute atomic E-state index is 0.0280. The Bertz CT molecular complexity index is 465. The van der Waals surface area contributed by atoms with Crippen LogP contribution in [0.2, 0.25) is 0 Å². The molecule has 5 heteroatoms. The summed E-state index contributed by atoms with van der Waals surface area (Å²) < 4.78 is 0. The molecule has 0 aromatic heterocycles. The van der Waals surface area contributed by atoms with Gasteiger partial charge in [0.25, 0.3) is 0 Å². The van der Waals surface area contributed by atoms with Gasteiger partial charge in [0.05, 0.1) is 19.0 Å². The standard InChI is InChI=1S/C25H46N2O3/c1-2-3-4-5-6-7-8-9-10-11-12-13-14-15-16-17-18-24(19-22-28)25(29)30-27-21-20-26-23-27/h9-10,23-24,28H,2-8,11-22H2,1H3/b10-9-. The first-order chi connectivity index (χ1) is 14.8. The summed E-state index contributed by atoms with van der Waals surface area (Å²) in [5.74, 6) is -0.439. The van der Waals surface area contributed by atoms with Crippen LogP contribution >= 0.6 is 0 Å². The van der Waals surface area contributed by atoms with Gasteiger partial charge in [-0.1, -0.05) is 83.3 Å². The number of carbonyl (C=O) groups excluding carboxylic acids is 1. The van der Waals surface area contributed by atoms with E-state index in [-0.39, 0.29) is 18.5 Å². The SMILES string of the molecule is CCCCCCCC/C=C\CCCCCCCCC(CCO)C(=O)ON1C=NCC1. The predicted molar refractivity (Wildman–Crippen MR) is 125 cm³/mol. The van der Waals surface area contributed by atoms with Crippen LogP contribution < -0.4 is 0 Å². The second-order valence-corrected chi connectivity index (χ2v) is 8.51. The number of carbonyl (C=O) groups is 1. The van der Waals surface area contributed by atoms with Crippen molar-refractivity contribution in [1.82, 2.24) is 5.06 Å². The first-order valence-electron chi connectivity index (χ1n) is 12.5. The zero-order chi connectivity index (χ0) is 21.7. The van der Waals surface area contributed by atoms with Crippen molar-refractivity contribution in [2.75, 3.05) is 19.7 Å². The van der Waals surface area contributed by atoms with Crippen molar-refractivity contribution in [3.63, 3.8) is 0 Å². The fourth-order valence-corrected chi connectivity index (χ4v) is 3.80. The first kappa shape index (κ1) is 26.7. The monoisotopic (exact) mass is 422 g/mol. The van der Waals surface area contributed by atoms with Gasteiger partial charge >= 0.3 is 5.97 Å². The Morgan fingerprint density at radius 3 is 2.13 bits per heavy atom. The van der Waals surface area contributed by atoms with Crippen LogP contribution in [0, 0.1) is 5.92 Å². The Kier molecular flexibility index (Phi) is 17.4. The van der Waals surface area contributed by atoms with Gasteiger partial charge in [0.1, 0.15) is 6.34 Å². The van der Waals surface area contributed by atoms with Gasteiger partial charge in [-0.2, -0.15) is 5.06 Å². The molecule has 1 aliphatic rings. The van der Waals surface area contributed by atoms with Crippen LogP contribution in [0.1, 0.15) is 110 Å². The van der Waals surface area contributed by atoms with Gasteiger partial charge in [-0.25, -0.2) is 4.79 Å². The number of unbranched alkanes of at least 4 members (excludes halogenated alkanes) is 12. The van der Waals surface area contributed by atoms with Gasteiger partial charge in [0.2, 0.25) is 0 Å². The van der Waals surface area contributed by atoms with Gasteiger partial charge in [0, 0.05) is 6.61 Å². The maximum atomic E-state index is 12.2. The third-order valence-corrected chi connectivity index (χ3v) is 5.74. The van der Waals surface area contributed by atoms with Gasteiger partial charge in [-0.05, 0) is 38.5 Å². The number of hydroxylamine groups is 2. The molecule has 0 amide bonds. The van der Waals surface area contributed by atoms with E-state index in [0.29, 0.717) is 19.5 Å². The fourth-order valence-electron chi connectivity index (χ4n) is 3.80. The molecule has 0 saturated carbocycles. The van der Waals surface area contributed by atoms with Gasteiger partial charge in [-0.15, -0.1) is 0 Å². The lowest BCUT2D eigenvalue weighted by Crippen LogP contribution is -2.29. The summed E-state index contributed by atoms with van der Waals surface area (Å²) in [6.07, 6.45) is 25.5.